The van der Waals surface area contributed by atoms with Gasteiger partial charge in [-0.3, -0.25) is 9.59 Å². The molecule has 0 aliphatic rings. The van der Waals surface area contributed by atoms with Gasteiger partial charge in [-0.25, -0.2) is 0 Å². The van der Waals surface area contributed by atoms with Crippen molar-refractivity contribution in [2.75, 3.05) is 47.5 Å². The molecule has 0 aromatic carbocycles. The smallest absolute Gasteiger partial charge is 0.306 e. The molecule has 0 N–H and O–H groups in total. The molecule has 0 fully saturated rings. The number of ether oxygens (including phenoxy) is 4. The highest BCUT2D eigenvalue weighted by molar-refractivity contribution is 5.70. The van der Waals surface area contributed by atoms with Crippen molar-refractivity contribution in [3.8, 4) is 0 Å². The van der Waals surface area contributed by atoms with Gasteiger partial charge in [0.25, 0.3) is 0 Å². The van der Waals surface area contributed by atoms with E-state index in [9.17, 15) is 19.5 Å². The summed E-state index contributed by atoms with van der Waals surface area (Å²) in [6, 6.07) is 0. The molecule has 9 nitrogen and oxygen atoms in total. The summed E-state index contributed by atoms with van der Waals surface area (Å²) in [6.07, 6.45) is 77.0. The van der Waals surface area contributed by atoms with Crippen molar-refractivity contribution in [1.29, 1.82) is 0 Å². The van der Waals surface area contributed by atoms with Gasteiger partial charge in [0.2, 0.25) is 0 Å². The molecule has 0 amide bonds. The third kappa shape index (κ3) is 62.2. The fourth-order valence-corrected chi connectivity index (χ4v) is 9.38. The van der Waals surface area contributed by atoms with Crippen molar-refractivity contribution in [3.05, 3.63) is 72.9 Å². The topological polar surface area (TPSA) is 111 Å². The number of quaternary nitrogens is 1. The fourth-order valence-electron chi connectivity index (χ4n) is 9.38. The molecular formula is C70H125NO8. The summed E-state index contributed by atoms with van der Waals surface area (Å²) in [5.74, 6) is -2.28. The van der Waals surface area contributed by atoms with Crippen LogP contribution in [-0.4, -0.2) is 82.3 Å². The number of hydrogen-bond donors (Lipinski definition) is 0. The lowest BCUT2D eigenvalue weighted by Gasteiger charge is -2.26. The lowest BCUT2D eigenvalue weighted by molar-refractivity contribution is -0.870. The number of esters is 2. The van der Waals surface area contributed by atoms with Gasteiger partial charge in [0.05, 0.1) is 40.3 Å². The molecule has 0 aromatic heterocycles. The van der Waals surface area contributed by atoms with E-state index < -0.39 is 24.3 Å². The second-order valence-corrected chi connectivity index (χ2v) is 23.4. The Balaban J connectivity index is 4.01. The van der Waals surface area contributed by atoms with Crippen LogP contribution in [0, 0.1) is 0 Å². The van der Waals surface area contributed by atoms with Crippen molar-refractivity contribution < 1.29 is 42.9 Å². The number of carbonyl (C=O) groups is 3. The van der Waals surface area contributed by atoms with E-state index in [1.807, 2.05) is 21.1 Å². The first-order valence-corrected chi connectivity index (χ1v) is 33.1. The molecule has 0 aliphatic heterocycles. The molecule has 0 rings (SSSR count). The molecule has 2 unspecified atom stereocenters. The first kappa shape index (κ1) is 75.7. The van der Waals surface area contributed by atoms with Gasteiger partial charge in [-0.15, -0.1) is 0 Å². The molecule has 0 spiro atoms. The molecule has 9 heteroatoms. The summed E-state index contributed by atoms with van der Waals surface area (Å²) in [5, 5.41) is 11.8. The van der Waals surface area contributed by atoms with Crippen LogP contribution in [0.3, 0.4) is 0 Å². The predicted molar refractivity (Wildman–Crippen MR) is 334 cm³/mol. The number of likely N-dealkylation sites (N-methyl/N-ethyl adjacent to an activating group) is 1. The normalized spacial score (nSPS) is 13.2. The molecule has 0 aromatic rings. The summed E-state index contributed by atoms with van der Waals surface area (Å²) in [6.45, 7) is 4.63. The second-order valence-electron chi connectivity index (χ2n) is 23.4. The maximum Gasteiger partial charge on any atom is 0.306 e. The predicted octanol–water partition coefficient (Wildman–Crippen LogP) is 18.8. The quantitative estimate of drug-likeness (QED) is 0.0195. The van der Waals surface area contributed by atoms with Gasteiger partial charge in [-0.05, 0) is 83.5 Å². The minimum absolute atomic E-state index is 0.146. The number of unbranched alkanes of at least 4 members (excludes halogenated alkanes) is 34. The Morgan fingerprint density at radius 1 is 0.392 bits per heavy atom. The van der Waals surface area contributed by atoms with Crippen LogP contribution in [0.25, 0.3) is 0 Å². The van der Waals surface area contributed by atoms with Gasteiger partial charge >= 0.3 is 11.9 Å². The Morgan fingerprint density at radius 2 is 0.722 bits per heavy atom. The van der Waals surface area contributed by atoms with E-state index in [1.54, 1.807) is 0 Å². The van der Waals surface area contributed by atoms with Gasteiger partial charge < -0.3 is 33.3 Å². The summed E-state index contributed by atoms with van der Waals surface area (Å²) in [7, 11) is 5.93. The molecule has 0 aliphatic carbocycles. The maximum atomic E-state index is 12.9. The second kappa shape index (κ2) is 60.8. The monoisotopic (exact) mass is 1110 g/mol. The highest BCUT2D eigenvalue weighted by Crippen LogP contribution is 2.18. The molecule has 458 valence electrons. The van der Waals surface area contributed by atoms with Crippen LogP contribution in [0.15, 0.2) is 72.9 Å². The third-order valence-electron chi connectivity index (χ3n) is 14.4. The number of aliphatic carboxylic acids is 1. The van der Waals surface area contributed by atoms with Crippen LogP contribution in [0.1, 0.15) is 296 Å². The lowest BCUT2D eigenvalue weighted by Crippen LogP contribution is -2.44. The molecule has 0 heterocycles. The molecule has 0 bridgehead atoms. The number of nitrogens with zero attached hydrogens (tertiary/aromatic N) is 1. The van der Waals surface area contributed by atoms with Gasteiger partial charge in [-0.2, -0.15) is 0 Å². The molecule has 0 radical (unpaired) electrons. The zero-order chi connectivity index (χ0) is 57.6. The zero-order valence-electron chi connectivity index (χ0n) is 52.2. The number of carboxylic acids is 1. The van der Waals surface area contributed by atoms with Gasteiger partial charge in [0, 0.05) is 12.8 Å². The van der Waals surface area contributed by atoms with Crippen LogP contribution < -0.4 is 5.11 Å². The van der Waals surface area contributed by atoms with Gasteiger partial charge in [-0.1, -0.05) is 273 Å². The van der Waals surface area contributed by atoms with Crippen LogP contribution >= 0.6 is 0 Å². The van der Waals surface area contributed by atoms with E-state index >= 15 is 0 Å². The number of carbonyl (C=O) groups excluding carboxylic acids is 3. The fraction of sp³-hybridized carbons (Fsp3) is 0.786. The van der Waals surface area contributed by atoms with E-state index in [2.05, 4.69) is 86.8 Å². The Hall–Kier alpha value is -3.27. The van der Waals surface area contributed by atoms with E-state index in [-0.39, 0.29) is 38.6 Å². The third-order valence-corrected chi connectivity index (χ3v) is 14.4. The molecule has 0 saturated heterocycles. The molecule has 79 heavy (non-hydrogen) atoms. The highest BCUT2D eigenvalue weighted by atomic mass is 16.7. The Labute approximate surface area is 487 Å². The van der Waals surface area contributed by atoms with Gasteiger partial charge in [0.15, 0.2) is 12.4 Å². The van der Waals surface area contributed by atoms with Gasteiger partial charge in [0.1, 0.15) is 13.2 Å². The van der Waals surface area contributed by atoms with Crippen molar-refractivity contribution in [2.45, 2.75) is 309 Å². The number of allylic oxidation sites excluding steroid dienone is 12. The minimum Gasteiger partial charge on any atom is -0.545 e. The number of hydrogen-bond acceptors (Lipinski definition) is 8. The van der Waals surface area contributed by atoms with Crippen molar-refractivity contribution in [2.24, 2.45) is 0 Å². The highest BCUT2D eigenvalue weighted by Gasteiger charge is 2.22. The van der Waals surface area contributed by atoms with Crippen LogP contribution in [-0.2, 0) is 33.3 Å². The Kier molecular flexibility index (Phi) is 58.3. The lowest BCUT2D eigenvalue weighted by atomic mass is 10.0. The number of carboxylic acid groups (broad SMARTS) is 1. The summed E-state index contributed by atoms with van der Waals surface area (Å²) >= 11 is 0. The minimum atomic E-state index is -1.62. The van der Waals surface area contributed by atoms with Crippen LogP contribution in [0.5, 0.6) is 0 Å². The van der Waals surface area contributed by atoms with Crippen molar-refractivity contribution >= 4 is 17.9 Å². The van der Waals surface area contributed by atoms with E-state index in [0.29, 0.717) is 17.4 Å². The largest absolute Gasteiger partial charge is 0.545 e. The molecular weight excluding hydrogens is 983 g/mol. The number of rotatable bonds is 61. The molecule has 2 atom stereocenters. The van der Waals surface area contributed by atoms with E-state index in [4.69, 9.17) is 18.9 Å². The summed E-state index contributed by atoms with van der Waals surface area (Å²) in [5.41, 5.74) is 0. The Bertz CT molecular complexity index is 1520. The van der Waals surface area contributed by atoms with Crippen LogP contribution in [0.2, 0.25) is 0 Å². The maximum absolute atomic E-state index is 12.9. The van der Waals surface area contributed by atoms with E-state index in [1.165, 1.54) is 186 Å². The first-order valence-electron chi connectivity index (χ1n) is 33.1. The average molecular weight is 1110 g/mol. The summed E-state index contributed by atoms with van der Waals surface area (Å²) in [4.78, 5) is 37.4. The molecule has 0 saturated carbocycles. The zero-order valence-corrected chi connectivity index (χ0v) is 52.2. The SMILES string of the molecule is CC/C=C\C/C=C\C/C=C\C/C=C\CCCCCCCCCCCCCCCCCCCCCCCCCCC(=O)OC(COC(=O)CCCCCCCCC/C=C\C/C=C\CCCCC)COC(OCC[N+](C)(C)C)C(=O)[O-]. The standard InChI is InChI=1S/C70H125NO8/c1-6-8-10-12-14-16-18-20-22-24-25-26-27-28-29-30-31-32-33-34-35-36-37-38-39-40-41-42-43-45-47-49-51-53-55-57-59-61-68(73)79-66(65-78-70(69(74)75)76-63-62-71(3,4)5)64-77-67(72)60-58-56-54-52-50-48-46-44-23-21-19-17-15-13-11-9-7-2/h8,10,14-17,20-23,25-26,66,70H,6-7,9,11-13,18-19,24,27-65H2,1-5H3/b10-8-,16-14-,17-15-,22-20-,23-21-,26-25-. The average Bonchev–Trinajstić information content (AvgIpc) is 3.42. The van der Waals surface area contributed by atoms with Crippen molar-refractivity contribution in [3.63, 3.8) is 0 Å². The van der Waals surface area contributed by atoms with Crippen LogP contribution in [0.4, 0.5) is 0 Å². The van der Waals surface area contributed by atoms with E-state index in [0.717, 1.165) is 77.0 Å². The summed E-state index contributed by atoms with van der Waals surface area (Å²) < 4.78 is 22.7. The Morgan fingerprint density at radius 3 is 1.08 bits per heavy atom. The first-order chi connectivity index (χ1) is 38.6. The van der Waals surface area contributed by atoms with Crippen molar-refractivity contribution in [1.82, 2.24) is 0 Å².